The van der Waals surface area contributed by atoms with E-state index in [-0.39, 0.29) is 36.5 Å². The van der Waals surface area contributed by atoms with Crippen LogP contribution < -0.4 is 10.5 Å². The van der Waals surface area contributed by atoms with Crippen molar-refractivity contribution in [2.45, 2.75) is 39.0 Å². The van der Waals surface area contributed by atoms with E-state index in [4.69, 9.17) is 4.74 Å². The summed E-state index contributed by atoms with van der Waals surface area (Å²) in [5.74, 6) is 0.139. The molecule has 1 unspecified atom stereocenters. The fraction of sp³-hybridized carbons (Fsp3) is 0.524. The highest BCUT2D eigenvalue weighted by molar-refractivity contribution is 5.79. The van der Waals surface area contributed by atoms with Gasteiger partial charge >= 0.3 is 6.18 Å². The van der Waals surface area contributed by atoms with Crippen molar-refractivity contribution >= 4 is 22.8 Å². The number of fused-ring (bicyclic) bond motifs is 1. The summed E-state index contributed by atoms with van der Waals surface area (Å²) < 4.78 is 45.4. The largest absolute Gasteiger partial charge is 0.419 e. The van der Waals surface area contributed by atoms with E-state index in [1.807, 2.05) is 6.92 Å². The molecule has 1 aliphatic rings. The Morgan fingerprint density at radius 3 is 2.63 bits per heavy atom. The van der Waals surface area contributed by atoms with Crippen molar-refractivity contribution in [2.24, 2.45) is 0 Å². The average Bonchev–Trinajstić information content (AvgIpc) is 3.14. The Hall–Kier alpha value is -3.55. The monoisotopic (exact) mass is 494 g/mol. The lowest BCUT2D eigenvalue weighted by Crippen LogP contribution is -2.54. The molecule has 188 valence electrons. The summed E-state index contributed by atoms with van der Waals surface area (Å²) in [6.07, 6.45) is -1.21. The fourth-order valence-corrected chi connectivity index (χ4v) is 4.06. The summed E-state index contributed by atoms with van der Waals surface area (Å²) in [7, 11) is 0. The second-order valence-electron chi connectivity index (χ2n) is 8.28. The third kappa shape index (κ3) is 5.42. The van der Waals surface area contributed by atoms with Crippen LogP contribution in [0.2, 0.25) is 0 Å². The van der Waals surface area contributed by atoms with Crippen molar-refractivity contribution in [2.75, 3.05) is 37.7 Å². The molecule has 4 heterocycles. The van der Waals surface area contributed by atoms with E-state index >= 15 is 0 Å². The van der Waals surface area contributed by atoms with Crippen LogP contribution in [0.1, 0.15) is 24.6 Å². The number of alkyl halides is 3. The normalized spacial score (nSPS) is 16.8. The maximum absolute atomic E-state index is 12.7. The van der Waals surface area contributed by atoms with Crippen molar-refractivity contribution in [3.63, 3.8) is 0 Å². The van der Waals surface area contributed by atoms with Gasteiger partial charge in [-0.3, -0.25) is 14.3 Å². The van der Waals surface area contributed by atoms with Gasteiger partial charge in [-0.25, -0.2) is 15.1 Å². The van der Waals surface area contributed by atoms with Crippen LogP contribution in [-0.4, -0.2) is 79.6 Å². The Balaban J connectivity index is 1.22. The Bertz CT molecular complexity index is 1240. The molecule has 1 amide bonds. The predicted molar refractivity (Wildman–Crippen MR) is 119 cm³/mol. The lowest BCUT2D eigenvalue weighted by Gasteiger charge is -2.39. The molecular formula is C21H25F3N8O3. The number of amides is 1. The molecule has 35 heavy (non-hydrogen) atoms. The van der Waals surface area contributed by atoms with Crippen LogP contribution in [0.15, 0.2) is 23.4 Å². The molecular weight excluding hydrogens is 469 g/mol. The molecule has 1 atom stereocenters. The molecule has 0 saturated carbocycles. The predicted octanol–water partition coefficient (Wildman–Crippen LogP) is 1.38. The molecule has 4 rings (SSSR count). The van der Waals surface area contributed by atoms with Crippen LogP contribution >= 0.6 is 0 Å². The topological polar surface area (TPSA) is 122 Å². The highest BCUT2D eigenvalue weighted by Crippen LogP contribution is 2.28. The van der Waals surface area contributed by atoms with Gasteiger partial charge in [-0.05, 0) is 13.8 Å². The number of ether oxygens (including phenoxy) is 1. The Kier molecular flexibility index (Phi) is 7.00. The molecule has 14 heteroatoms. The summed E-state index contributed by atoms with van der Waals surface area (Å²) in [6, 6.07) is -0.154. The number of piperazine rings is 1. The van der Waals surface area contributed by atoms with E-state index in [1.165, 1.54) is 6.20 Å². The zero-order valence-corrected chi connectivity index (χ0v) is 19.2. The first-order valence-corrected chi connectivity index (χ1v) is 11.1. The summed E-state index contributed by atoms with van der Waals surface area (Å²) in [6.45, 7) is 5.80. The second-order valence-corrected chi connectivity index (χ2v) is 8.28. The molecule has 1 saturated heterocycles. The van der Waals surface area contributed by atoms with Crippen molar-refractivity contribution < 1.29 is 22.7 Å². The Morgan fingerprint density at radius 2 is 1.94 bits per heavy atom. The number of nitrogens with one attached hydrogen (secondary N) is 1. The van der Waals surface area contributed by atoms with Gasteiger partial charge in [-0.2, -0.15) is 23.4 Å². The van der Waals surface area contributed by atoms with Gasteiger partial charge in [0, 0.05) is 38.1 Å². The first kappa shape index (κ1) is 24.6. The summed E-state index contributed by atoms with van der Waals surface area (Å²) in [4.78, 5) is 35.7. The van der Waals surface area contributed by atoms with Gasteiger partial charge in [-0.1, -0.05) is 0 Å². The van der Waals surface area contributed by atoms with Crippen molar-refractivity contribution in [1.82, 2.24) is 34.8 Å². The minimum absolute atomic E-state index is 0.0686. The molecule has 3 aromatic heterocycles. The van der Waals surface area contributed by atoms with Gasteiger partial charge < -0.3 is 14.5 Å². The Labute approximate surface area is 197 Å². The molecule has 1 fully saturated rings. The van der Waals surface area contributed by atoms with Crippen LogP contribution in [0, 0.1) is 6.92 Å². The first-order valence-electron chi connectivity index (χ1n) is 11.1. The minimum Gasteiger partial charge on any atom is -0.379 e. The smallest absolute Gasteiger partial charge is 0.379 e. The van der Waals surface area contributed by atoms with Crippen LogP contribution in [0.3, 0.4) is 0 Å². The highest BCUT2D eigenvalue weighted by atomic mass is 19.4. The number of aromatic amines is 1. The number of anilines is 1. The number of rotatable bonds is 7. The van der Waals surface area contributed by atoms with Crippen molar-refractivity contribution in [3.8, 4) is 0 Å². The number of carbonyl (C=O) groups is 1. The van der Waals surface area contributed by atoms with Gasteiger partial charge in [-0.15, -0.1) is 0 Å². The van der Waals surface area contributed by atoms with Gasteiger partial charge in [0.05, 0.1) is 54.5 Å². The number of nitrogens with zero attached hydrogens (tertiary/aromatic N) is 7. The van der Waals surface area contributed by atoms with Gasteiger partial charge in [0.2, 0.25) is 11.9 Å². The fourth-order valence-electron chi connectivity index (χ4n) is 4.06. The van der Waals surface area contributed by atoms with Gasteiger partial charge in [0.25, 0.3) is 5.56 Å². The number of halogens is 3. The quantitative estimate of drug-likeness (QED) is 0.489. The molecule has 1 aliphatic heterocycles. The van der Waals surface area contributed by atoms with E-state index in [9.17, 15) is 22.8 Å². The molecule has 3 aromatic rings. The van der Waals surface area contributed by atoms with Crippen LogP contribution in [-0.2, 0) is 22.3 Å². The van der Waals surface area contributed by atoms with Crippen LogP contribution in [0.25, 0.3) is 10.9 Å². The number of hydrogen-bond donors (Lipinski definition) is 1. The third-order valence-electron chi connectivity index (χ3n) is 5.86. The molecule has 0 spiro atoms. The zero-order chi connectivity index (χ0) is 25.2. The zero-order valence-electron chi connectivity index (χ0n) is 19.2. The second kappa shape index (κ2) is 9.98. The highest BCUT2D eigenvalue weighted by Gasteiger charge is 2.33. The standard InChI is InChI=1S/C21H25F3N8O3/c1-13-12-30(4-5-31(13)20-25-9-15(10-26-20)21(22,23)24)17(33)3-7-35-8-6-32-16-11-27-28-19(34)18(16)14(2)29-32/h9-11,13H,3-8,12H2,1-2H3,(H,28,34). The molecule has 0 aliphatic carbocycles. The summed E-state index contributed by atoms with van der Waals surface area (Å²) in [5.41, 5.74) is 0.0319. The van der Waals surface area contributed by atoms with Gasteiger partial charge in [0.15, 0.2) is 0 Å². The maximum Gasteiger partial charge on any atom is 0.419 e. The lowest BCUT2D eigenvalue weighted by atomic mass is 10.2. The SMILES string of the molecule is Cc1nn(CCOCCC(=O)N2CCN(c3ncc(C(F)(F)F)cn3)C(C)C2)c2cn[nH]c(=O)c12. The van der Waals surface area contributed by atoms with E-state index in [2.05, 4.69) is 25.3 Å². The van der Waals surface area contributed by atoms with Gasteiger partial charge in [0.1, 0.15) is 0 Å². The number of aromatic nitrogens is 6. The number of H-pyrrole nitrogens is 1. The summed E-state index contributed by atoms with van der Waals surface area (Å²) in [5, 5.41) is 11.0. The lowest BCUT2D eigenvalue weighted by molar-refractivity contribution is -0.138. The van der Waals surface area contributed by atoms with Crippen molar-refractivity contribution in [1.29, 1.82) is 0 Å². The number of carbonyl (C=O) groups excluding carboxylic acids is 1. The third-order valence-corrected chi connectivity index (χ3v) is 5.86. The minimum atomic E-state index is -4.49. The van der Waals surface area contributed by atoms with E-state index < -0.39 is 11.7 Å². The Morgan fingerprint density at radius 1 is 1.20 bits per heavy atom. The number of hydrogen-bond acceptors (Lipinski definition) is 8. The molecule has 0 radical (unpaired) electrons. The molecule has 1 N–H and O–H groups in total. The van der Waals surface area contributed by atoms with E-state index in [0.717, 1.165) is 12.4 Å². The average molecular weight is 494 g/mol. The first-order chi connectivity index (χ1) is 16.6. The molecule has 0 bridgehead atoms. The molecule has 11 nitrogen and oxygen atoms in total. The van der Waals surface area contributed by atoms with Crippen LogP contribution in [0.5, 0.6) is 0 Å². The van der Waals surface area contributed by atoms with E-state index in [0.29, 0.717) is 49.4 Å². The van der Waals surface area contributed by atoms with E-state index in [1.54, 1.807) is 21.4 Å². The maximum atomic E-state index is 12.7. The summed E-state index contributed by atoms with van der Waals surface area (Å²) >= 11 is 0. The van der Waals surface area contributed by atoms with Crippen LogP contribution in [0.4, 0.5) is 19.1 Å². The number of aryl methyl sites for hydroxylation is 1. The van der Waals surface area contributed by atoms with Crippen molar-refractivity contribution in [3.05, 3.63) is 40.2 Å². The molecule has 0 aromatic carbocycles.